The summed E-state index contributed by atoms with van der Waals surface area (Å²) in [5.41, 5.74) is 0. The molecule has 12 nitrogen and oxygen atoms in total. The fraction of sp³-hybridized carbons (Fsp3) is 0. The molecule has 4 N–H and O–H groups in total. The van der Waals surface area contributed by atoms with Gasteiger partial charge in [-0.3, -0.25) is 0 Å². The number of hydrogen-bond donors (Lipinski definition) is 4. The molecule has 0 bridgehead atoms. The summed E-state index contributed by atoms with van der Waals surface area (Å²) in [7, 11) is 0. The van der Waals surface area contributed by atoms with Crippen molar-refractivity contribution in [2.45, 2.75) is 0 Å². The molecule has 0 atom stereocenters. The van der Waals surface area contributed by atoms with Gasteiger partial charge in [-0.15, -0.1) is 0 Å². The van der Waals surface area contributed by atoms with Gasteiger partial charge in [-0.1, -0.05) is 0 Å². The van der Waals surface area contributed by atoms with E-state index in [4.69, 9.17) is 18.2 Å². The number of rotatable bonds is 4. The van der Waals surface area contributed by atoms with Gasteiger partial charge in [-0.2, -0.15) is 0 Å². The average molecular weight is 464 g/mol. The first-order valence-corrected chi connectivity index (χ1v) is 24.0. The quantitative estimate of drug-likeness (QED) is 0.314. The van der Waals surface area contributed by atoms with E-state index in [-0.39, 0.29) is 0 Å². The van der Waals surface area contributed by atoms with Crippen LogP contribution < -0.4 is 0 Å². The van der Waals surface area contributed by atoms with Crippen molar-refractivity contribution in [3.8, 4) is 0 Å². The summed E-state index contributed by atoms with van der Waals surface area (Å²) in [4.78, 5) is 0. The van der Waals surface area contributed by atoms with E-state index < -0.39 is 41.0 Å². The second-order valence-electron chi connectivity index (χ2n) is 2.40. The predicted octanol–water partition coefficient (Wildman–Crippen LogP) is -2.65. The van der Waals surface area contributed by atoms with Crippen molar-refractivity contribution in [2.75, 3.05) is 0 Å². The van der Waals surface area contributed by atoms with Crippen LogP contribution in [0.5, 0.6) is 0 Å². The normalized spacial score (nSPS) is 15.8. The van der Waals surface area contributed by atoms with Crippen LogP contribution in [0.2, 0.25) is 0 Å². The van der Waals surface area contributed by atoms with Crippen LogP contribution in [0.4, 0.5) is 0 Å². The van der Waals surface area contributed by atoms with Crippen LogP contribution in [0.25, 0.3) is 0 Å². The van der Waals surface area contributed by atoms with Gasteiger partial charge in [0.2, 0.25) is 0 Å². The van der Waals surface area contributed by atoms with E-state index in [1.54, 1.807) is 0 Å². The predicted molar refractivity (Wildman–Crippen MR) is 46.2 cm³/mol. The van der Waals surface area contributed by atoms with Crippen LogP contribution in [0, 0.1) is 25.5 Å². The van der Waals surface area contributed by atoms with Crippen LogP contribution in [0.15, 0.2) is 0 Å². The van der Waals surface area contributed by atoms with Crippen molar-refractivity contribution in [1.82, 2.24) is 0 Å². The Morgan fingerprint density at radius 3 is 0.588 bits per heavy atom. The molecule has 17 heavy (non-hydrogen) atoms. The fourth-order valence-corrected chi connectivity index (χ4v) is 52.3. The first-order chi connectivity index (χ1) is 7.00. The van der Waals surface area contributed by atoms with E-state index in [2.05, 4.69) is 0 Å². The molecule has 0 radical (unpaired) electrons. The molecule has 0 fully saturated rings. The molecular weight excluding hydrogens is 460 g/mol. The van der Waals surface area contributed by atoms with Crippen LogP contribution in [-0.4, -0.2) is 51.9 Å². The summed E-state index contributed by atoms with van der Waals surface area (Å²) in [6.45, 7) is 0. The zero-order valence-corrected chi connectivity index (χ0v) is 13.6. The van der Waals surface area contributed by atoms with Gasteiger partial charge >= 0.3 is 92.8 Å². The molecule has 0 aliphatic rings. The third-order valence-corrected chi connectivity index (χ3v) is 82.8. The van der Waals surface area contributed by atoms with Crippen molar-refractivity contribution < 1.29 is 77.4 Å². The van der Waals surface area contributed by atoms with Crippen molar-refractivity contribution in [3.05, 3.63) is 0 Å². The van der Waals surface area contributed by atoms with E-state index in [0.29, 0.717) is 0 Å². The van der Waals surface area contributed by atoms with E-state index in [1.165, 1.54) is 0 Å². The van der Waals surface area contributed by atoms with E-state index in [1.807, 2.05) is 0 Å². The standard InChI is InChI=1S/Ce.4HO3S/c;4*1-4(2)3/h;4*(H,1,2,3). The minimum absolute atomic E-state index is 6.49. The van der Waals surface area contributed by atoms with E-state index in [9.17, 15) is 33.7 Å². The third-order valence-electron chi connectivity index (χ3n) is 1.26. The van der Waals surface area contributed by atoms with Gasteiger partial charge in [0.05, 0.1) is 0 Å². The molecule has 0 saturated heterocycles. The Hall–Kier alpha value is 1.02. The summed E-state index contributed by atoms with van der Waals surface area (Å²) in [5.74, 6) is 0. The molecule has 0 rings (SSSR count). The molecule has 0 unspecified atom stereocenters. The first-order valence-electron chi connectivity index (χ1n) is 2.88. The van der Waals surface area contributed by atoms with Crippen LogP contribution in [0.1, 0.15) is 0 Å². The minimum atomic E-state index is -8.60. The van der Waals surface area contributed by atoms with Gasteiger partial charge < -0.3 is 0 Å². The van der Waals surface area contributed by atoms with Crippen molar-refractivity contribution >= 4 is 15.4 Å². The maximum absolute atomic E-state index is 10.6. The van der Waals surface area contributed by atoms with Crippen molar-refractivity contribution in [3.63, 3.8) is 0 Å². The molecule has 17 heteroatoms. The van der Waals surface area contributed by atoms with E-state index in [0.717, 1.165) is 0 Å². The zero-order valence-electron chi connectivity index (χ0n) is 7.19. The Kier molecular flexibility index (Phi) is 4.81. The Morgan fingerprint density at radius 2 is 0.588 bits per heavy atom. The molecular formula is H4CeO12S4. The van der Waals surface area contributed by atoms with Crippen LogP contribution in [-0.2, 0) is 15.4 Å². The fourth-order valence-electron chi connectivity index (χ4n) is 0.798. The Morgan fingerprint density at radius 1 is 0.471 bits per heavy atom. The Labute approximate surface area is 91.2 Å². The molecule has 0 aliphatic heterocycles. The van der Waals surface area contributed by atoms with Crippen LogP contribution in [0.3, 0.4) is 0 Å². The molecule has 0 aromatic heterocycles. The molecule has 0 saturated carbocycles. The third kappa shape index (κ3) is 2.80. The molecule has 0 heterocycles. The molecule has 0 spiro atoms. The van der Waals surface area contributed by atoms with E-state index >= 15 is 0 Å². The molecule has 0 aromatic rings. The molecule has 0 aliphatic carbocycles. The Balaban J connectivity index is 7.38. The zero-order chi connectivity index (χ0) is 14.5. The number of hydrogen-bond acceptors (Lipinski definition) is 8. The second-order valence-corrected chi connectivity index (χ2v) is 57.9. The van der Waals surface area contributed by atoms with Gasteiger partial charge in [-0.05, 0) is 0 Å². The van der Waals surface area contributed by atoms with Gasteiger partial charge in [-0.25, -0.2) is 0 Å². The van der Waals surface area contributed by atoms with Gasteiger partial charge in [0.25, 0.3) is 0 Å². The topological polar surface area (TPSA) is 217 Å². The molecule has 0 amide bonds. The first kappa shape index (κ1) is 18.0. The Bertz CT molecular complexity index is 577. The van der Waals surface area contributed by atoms with Crippen molar-refractivity contribution in [2.24, 2.45) is 0 Å². The molecule has 0 aromatic carbocycles. The van der Waals surface area contributed by atoms with Crippen molar-refractivity contribution in [1.29, 1.82) is 0 Å². The second kappa shape index (κ2) is 4.54. The van der Waals surface area contributed by atoms with Crippen LogP contribution >= 0.6 is 0 Å². The van der Waals surface area contributed by atoms with Gasteiger partial charge in [0.15, 0.2) is 0 Å². The monoisotopic (exact) mass is 464 g/mol. The summed E-state index contributed by atoms with van der Waals surface area (Å²) < 4.78 is 92.6. The van der Waals surface area contributed by atoms with Gasteiger partial charge in [0.1, 0.15) is 0 Å². The summed E-state index contributed by atoms with van der Waals surface area (Å²) in [6, 6.07) is 0. The average Bonchev–Trinajstić information content (AvgIpc) is 1.67. The summed E-state index contributed by atoms with van der Waals surface area (Å²) >= 11 is -8.60. The maximum atomic E-state index is 10.6. The SMILES string of the molecule is O=[S](=O)(O)[Ce]([S](=O)(=O)O)([S](=O)(=O)O)[S](=O)(=O)O. The summed E-state index contributed by atoms with van der Waals surface area (Å²) in [6.07, 6.45) is 0. The van der Waals surface area contributed by atoms with Gasteiger partial charge in [0, 0.05) is 0 Å². The molecule has 104 valence electrons. The summed E-state index contributed by atoms with van der Waals surface area (Å²) in [5, 5.41) is 0.